The van der Waals surface area contributed by atoms with Crippen LogP contribution in [0.1, 0.15) is 12.1 Å². The molecular formula is C20H17F2N7O2. The molecule has 1 amide bonds. The highest BCUT2D eigenvalue weighted by Gasteiger charge is 2.22. The fourth-order valence-corrected chi connectivity index (χ4v) is 3.58. The van der Waals surface area contributed by atoms with Gasteiger partial charge in [0.25, 0.3) is 12.3 Å². The first-order valence-electron chi connectivity index (χ1n) is 9.54. The Morgan fingerprint density at radius 2 is 2.06 bits per heavy atom. The Hall–Kier alpha value is -3.73. The van der Waals surface area contributed by atoms with Crippen LogP contribution in [0.25, 0.3) is 27.8 Å². The molecule has 1 fully saturated rings. The maximum atomic E-state index is 13.5. The van der Waals surface area contributed by atoms with Gasteiger partial charge in [-0.15, -0.1) is 5.10 Å². The average Bonchev–Trinajstić information content (AvgIpc) is 3.21. The number of alkyl halides is 2. The first kappa shape index (κ1) is 19.2. The van der Waals surface area contributed by atoms with Crippen LogP contribution in [-0.2, 0) is 9.53 Å². The Kier molecular flexibility index (Phi) is 4.66. The summed E-state index contributed by atoms with van der Waals surface area (Å²) in [7, 11) is 1.70. The van der Waals surface area contributed by atoms with Crippen LogP contribution in [0.15, 0.2) is 36.8 Å². The number of rotatable bonds is 4. The second-order valence-corrected chi connectivity index (χ2v) is 6.95. The van der Waals surface area contributed by atoms with Gasteiger partial charge < -0.3 is 15.0 Å². The number of hydrogen-bond donors (Lipinski definition) is 1. The predicted molar refractivity (Wildman–Crippen MR) is 109 cm³/mol. The van der Waals surface area contributed by atoms with Crippen LogP contribution >= 0.6 is 0 Å². The summed E-state index contributed by atoms with van der Waals surface area (Å²) in [6.45, 7) is 0.953. The van der Waals surface area contributed by atoms with Crippen molar-refractivity contribution in [2.24, 2.45) is 0 Å². The van der Waals surface area contributed by atoms with Crippen molar-refractivity contribution in [2.45, 2.75) is 6.43 Å². The fraction of sp³-hybridized carbons (Fsp3) is 0.250. The first-order valence-corrected chi connectivity index (χ1v) is 9.54. The summed E-state index contributed by atoms with van der Waals surface area (Å²) < 4.78 is 33.6. The molecule has 0 spiro atoms. The van der Waals surface area contributed by atoms with Crippen LogP contribution in [0.3, 0.4) is 0 Å². The van der Waals surface area contributed by atoms with Crippen molar-refractivity contribution >= 4 is 33.8 Å². The van der Waals surface area contributed by atoms with Gasteiger partial charge in [-0.05, 0) is 18.2 Å². The Balaban J connectivity index is 1.63. The van der Waals surface area contributed by atoms with Gasteiger partial charge in [-0.1, -0.05) is 0 Å². The van der Waals surface area contributed by atoms with E-state index in [0.29, 0.717) is 47.1 Å². The van der Waals surface area contributed by atoms with Gasteiger partial charge >= 0.3 is 0 Å². The van der Waals surface area contributed by atoms with E-state index >= 15 is 0 Å². The van der Waals surface area contributed by atoms with Crippen LogP contribution < -0.4 is 10.2 Å². The Labute approximate surface area is 174 Å². The summed E-state index contributed by atoms with van der Waals surface area (Å²) in [6, 6.07) is 5.20. The number of ether oxygens (including phenoxy) is 1. The van der Waals surface area contributed by atoms with E-state index in [4.69, 9.17) is 4.74 Å². The molecule has 1 aliphatic rings. The van der Waals surface area contributed by atoms with E-state index in [2.05, 4.69) is 25.4 Å². The third kappa shape index (κ3) is 3.32. The lowest BCUT2D eigenvalue weighted by atomic mass is 10.1. The molecule has 1 N–H and O–H groups in total. The number of fused-ring (bicyclic) bond motifs is 2. The molecule has 1 aliphatic heterocycles. The van der Waals surface area contributed by atoms with Crippen molar-refractivity contribution in [3.05, 3.63) is 42.5 Å². The lowest BCUT2D eigenvalue weighted by Gasteiger charge is -2.26. The van der Waals surface area contributed by atoms with Gasteiger partial charge in [-0.2, -0.15) is 0 Å². The zero-order valence-electron chi connectivity index (χ0n) is 16.4. The summed E-state index contributed by atoms with van der Waals surface area (Å²) in [5.41, 5.74) is 1.39. The van der Waals surface area contributed by atoms with Gasteiger partial charge in [-0.25, -0.2) is 23.3 Å². The summed E-state index contributed by atoms with van der Waals surface area (Å²) in [5.74, 6) is 0.727. The average molecular weight is 425 g/mol. The van der Waals surface area contributed by atoms with E-state index in [1.165, 1.54) is 12.4 Å². The number of morpholine rings is 1. The van der Waals surface area contributed by atoms with Gasteiger partial charge in [0.15, 0.2) is 11.5 Å². The van der Waals surface area contributed by atoms with Crippen LogP contribution in [-0.4, -0.2) is 57.3 Å². The zero-order valence-corrected chi connectivity index (χ0v) is 16.4. The maximum absolute atomic E-state index is 13.5. The smallest absolute Gasteiger partial charge is 0.281 e. The van der Waals surface area contributed by atoms with E-state index in [1.807, 2.05) is 0 Å². The second-order valence-electron chi connectivity index (χ2n) is 6.95. The van der Waals surface area contributed by atoms with Crippen molar-refractivity contribution in [1.82, 2.24) is 24.6 Å². The predicted octanol–water partition coefficient (Wildman–Crippen LogP) is 2.68. The summed E-state index contributed by atoms with van der Waals surface area (Å²) >= 11 is 0. The molecule has 0 bridgehead atoms. The number of carbonyl (C=O) groups excluding carboxylic acids is 1. The molecule has 1 saturated heterocycles. The minimum Gasteiger partial charge on any atom is -0.373 e. The number of nitrogens with one attached hydrogen (secondary N) is 1. The van der Waals surface area contributed by atoms with Gasteiger partial charge in [0.05, 0.1) is 18.5 Å². The van der Waals surface area contributed by atoms with Crippen molar-refractivity contribution < 1.29 is 18.3 Å². The number of anilines is 2. The molecule has 4 aromatic heterocycles. The van der Waals surface area contributed by atoms with E-state index in [-0.39, 0.29) is 23.6 Å². The lowest BCUT2D eigenvalue weighted by Crippen LogP contribution is -2.41. The maximum Gasteiger partial charge on any atom is 0.281 e. The number of halogens is 2. The molecule has 4 aromatic rings. The second kappa shape index (κ2) is 7.51. The molecule has 0 saturated carbocycles. The number of pyridine rings is 3. The standard InChI is InChI=1S/C20H17F2N7O2/c1-23-15-6-12-13(7-24-15)18(19(21)22)25-8-14(12)20-26-16-3-2-11(9-29(16)27-20)28-4-5-31-10-17(28)30/h2-3,6-9,19H,4-5,10H2,1H3,(H,23,24). The van der Waals surface area contributed by atoms with Gasteiger partial charge in [0, 0.05) is 42.3 Å². The third-order valence-corrected chi connectivity index (χ3v) is 5.12. The largest absolute Gasteiger partial charge is 0.373 e. The van der Waals surface area contributed by atoms with E-state index in [0.717, 1.165) is 0 Å². The Morgan fingerprint density at radius 3 is 2.84 bits per heavy atom. The quantitative estimate of drug-likeness (QED) is 0.537. The minimum atomic E-state index is -2.73. The van der Waals surface area contributed by atoms with E-state index < -0.39 is 6.43 Å². The number of aromatic nitrogens is 5. The van der Waals surface area contributed by atoms with E-state index in [1.54, 1.807) is 40.9 Å². The lowest BCUT2D eigenvalue weighted by molar-refractivity contribution is -0.125. The molecule has 9 nitrogen and oxygen atoms in total. The molecule has 31 heavy (non-hydrogen) atoms. The normalized spacial score (nSPS) is 14.7. The number of amides is 1. The zero-order chi connectivity index (χ0) is 21.5. The van der Waals surface area contributed by atoms with Crippen molar-refractivity contribution in [3.8, 4) is 11.4 Å². The number of nitrogens with zero attached hydrogens (tertiary/aromatic N) is 6. The van der Waals surface area contributed by atoms with Crippen molar-refractivity contribution in [3.63, 3.8) is 0 Å². The molecule has 158 valence electrons. The topological polar surface area (TPSA) is 97.5 Å². The Morgan fingerprint density at radius 1 is 1.19 bits per heavy atom. The van der Waals surface area contributed by atoms with Gasteiger partial charge in [0.1, 0.15) is 18.1 Å². The number of hydrogen-bond acceptors (Lipinski definition) is 7. The van der Waals surface area contributed by atoms with E-state index in [9.17, 15) is 13.6 Å². The molecule has 0 atom stereocenters. The fourth-order valence-electron chi connectivity index (χ4n) is 3.58. The third-order valence-electron chi connectivity index (χ3n) is 5.12. The Bertz CT molecular complexity index is 1310. The molecular weight excluding hydrogens is 408 g/mol. The minimum absolute atomic E-state index is 0.0383. The van der Waals surface area contributed by atoms with Crippen LogP contribution in [0, 0.1) is 0 Å². The van der Waals surface area contributed by atoms with Crippen LogP contribution in [0.5, 0.6) is 0 Å². The summed E-state index contributed by atoms with van der Waals surface area (Å²) in [6.07, 6.45) is 1.70. The van der Waals surface area contributed by atoms with Crippen LogP contribution in [0.2, 0.25) is 0 Å². The molecule has 11 heteroatoms. The molecule has 5 heterocycles. The summed E-state index contributed by atoms with van der Waals surface area (Å²) in [5, 5.41) is 8.18. The molecule has 0 radical (unpaired) electrons. The van der Waals surface area contributed by atoms with Crippen LogP contribution in [0.4, 0.5) is 20.3 Å². The molecule has 0 unspecified atom stereocenters. The SMILES string of the molecule is CNc1cc2c(-c3nc4ccc(N5CCOCC5=O)cn4n3)cnc(C(F)F)c2cn1. The highest BCUT2D eigenvalue weighted by molar-refractivity contribution is 5.97. The summed E-state index contributed by atoms with van der Waals surface area (Å²) in [4.78, 5) is 26.4. The monoisotopic (exact) mass is 425 g/mol. The highest BCUT2D eigenvalue weighted by atomic mass is 19.3. The molecule has 0 aromatic carbocycles. The van der Waals surface area contributed by atoms with Crippen molar-refractivity contribution in [2.75, 3.05) is 37.0 Å². The first-order chi connectivity index (χ1) is 15.0. The molecule has 5 rings (SSSR count). The van der Waals surface area contributed by atoms with Gasteiger partial charge in [0.2, 0.25) is 0 Å². The number of carbonyl (C=O) groups is 1. The highest BCUT2D eigenvalue weighted by Crippen LogP contribution is 2.33. The molecule has 0 aliphatic carbocycles. The van der Waals surface area contributed by atoms with Crippen molar-refractivity contribution in [1.29, 1.82) is 0 Å². The van der Waals surface area contributed by atoms with Gasteiger partial charge in [-0.3, -0.25) is 9.78 Å².